The number of primary amides is 1. The van der Waals surface area contributed by atoms with Gasteiger partial charge in [0.15, 0.2) is 0 Å². The second kappa shape index (κ2) is 5.27. The zero-order valence-corrected chi connectivity index (χ0v) is 9.71. The first-order chi connectivity index (χ1) is 7.41. The fourth-order valence-corrected chi connectivity index (χ4v) is 1.63. The quantitative estimate of drug-likeness (QED) is 0.561. The number of morpholine rings is 1. The molecule has 1 heterocycles. The maximum Gasteiger partial charge on any atom is 0.239 e. The van der Waals surface area contributed by atoms with E-state index in [1.54, 1.807) is 13.8 Å². The molecule has 6 nitrogen and oxygen atoms in total. The lowest BCUT2D eigenvalue weighted by atomic mass is 9.99. The molecule has 92 valence electrons. The molecule has 0 aromatic heterocycles. The van der Waals surface area contributed by atoms with Crippen LogP contribution in [-0.2, 0) is 14.3 Å². The molecular formula is C10H19N3O3. The van der Waals surface area contributed by atoms with Crippen molar-refractivity contribution in [2.24, 2.45) is 5.73 Å². The summed E-state index contributed by atoms with van der Waals surface area (Å²) in [6.45, 7) is 5.17. The molecule has 1 unspecified atom stereocenters. The average molecular weight is 229 g/mol. The van der Waals surface area contributed by atoms with E-state index in [1.807, 2.05) is 0 Å². The van der Waals surface area contributed by atoms with E-state index >= 15 is 0 Å². The topological polar surface area (TPSA) is 93.5 Å². The van der Waals surface area contributed by atoms with Gasteiger partial charge in [0.25, 0.3) is 0 Å². The average Bonchev–Trinajstić information content (AvgIpc) is 2.16. The molecule has 1 saturated heterocycles. The molecule has 2 amide bonds. The van der Waals surface area contributed by atoms with Gasteiger partial charge in [-0.1, -0.05) is 0 Å². The number of amides is 2. The molecule has 1 fully saturated rings. The maximum atomic E-state index is 11.8. The Morgan fingerprint density at radius 3 is 2.75 bits per heavy atom. The first-order valence-electron chi connectivity index (χ1n) is 5.32. The number of hydrogen-bond acceptors (Lipinski definition) is 4. The lowest BCUT2D eigenvalue weighted by molar-refractivity contribution is -0.128. The van der Waals surface area contributed by atoms with Crippen molar-refractivity contribution in [3.8, 4) is 0 Å². The van der Waals surface area contributed by atoms with Gasteiger partial charge in [0, 0.05) is 18.5 Å². The van der Waals surface area contributed by atoms with E-state index in [4.69, 9.17) is 10.5 Å². The highest BCUT2D eigenvalue weighted by Crippen LogP contribution is 2.08. The third-order valence-corrected chi connectivity index (χ3v) is 2.32. The molecule has 0 spiro atoms. The highest BCUT2D eigenvalue weighted by atomic mass is 16.5. The Kier molecular flexibility index (Phi) is 4.26. The second-order valence-electron chi connectivity index (χ2n) is 4.60. The molecule has 1 rings (SSSR count). The first kappa shape index (κ1) is 12.9. The molecule has 4 N–H and O–H groups in total. The molecule has 6 heteroatoms. The van der Waals surface area contributed by atoms with Crippen molar-refractivity contribution in [3.05, 3.63) is 0 Å². The van der Waals surface area contributed by atoms with Gasteiger partial charge in [-0.25, -0.2) is 0 Å². The summed E-state index contributed by atoms with van der Waals surface area (Å²) in [5.74, 6) is -0.593. The van der Waals surface area contributed by atoms with E-state index in [9.17, 15) is 9.59 Å². The highest BCUT2D eigenvalue weighted by molar-refractivity contribution is 5.84. The number of rotatable bonds is 4. The minimum absolute atomic E-state index is 0.117. The third kappa shape index (κ3) is 4.16. The number of ether oxygens (including phenoxy) is 1. The van der Waals surface area contributed by atoms with Crippen molar-refractivity contribution in [1.29, 1.82) is 0 Å². The zero-order valence-electron chi connectivity index (χ0n) is 9.71. The molecule has 0 aliphatic carbocycles. The minimum atomic E-state index is -0.623. The van der Waals surface area contributed by atoms with Crippen LogP contribution >= 0.6 is 0 Å². The van der Waals surface area contributed by atoms with Crippen LogP contribution < -0.4 is 16.4 Å². The smallest absolute Gasteiger partial charge is 0.239 e. The summed E-state index contributed by atoms with van der Waals surface area (Å²) in [7, 11) is 0. The van der Waals surface area contributed by atoms with Crippen molar-refractivity contribution in [2.75, 3.05) is 19.8 Å². The van der Waals surface area contributed by atoms with Crippen molar-refractivity contribution < 1.29 is 14.3 Å². The van der Waals surface area contributed by atoms with Gasteiger partial charge in [0.2, 0.25) is 11.8 Å². The van der Waals surface area contributed by atoms with Crippen LogP contribution in [0.25, 0.3) is 0 Å². The molecule has 0 aromatic carbocycles. The monoisotopic (exact) mass is 229 g/mol. The molecule has 1 aliphatic rings. The van der Waals surface area contributed by atoms with Gasteiger partial charge >= 0.3 is 0 Å². The second-order valence-corrected chi connectivity index (χ2v) is 4.60. The fraction of sp³-hybridized carbons (Fsp3) is 0.800. The standard InChI is InChI=1S/C10H19N3O3/c1-10(2,5-8(11)14)13-9(15)7-6-16-4-3-12-7/h7,12H,3-6H2,1-2H3,(H2,11,14)(H,13,15). The van der Waals surface area contributed by atoms with Crippen LogP contribution in [0, 0.1) is 0 Å². The van der Waals surface area contributed by atoms with Crippen LogP contribution in [0.4, 0.5) is 0 Å². The van der Waals surface area contributed by atoms with Crippen LogP contribution in [-0.4, -0.2) is 43.2 Å². The Hall–Kier alpha value is -1.14. The van der Waals surface area contributed by atoms with Crippen LogP contribution in [0.2, 0.25) is 0 Å². The SMILES string of the molecule is CC(C)(CC(N)=O)NC(=O)C1COCCN1. The number of carbonyl (C=O) groups is 2. The summed E-state index contributed by atoms with van der Waals surface area (Å²) in [4.78, 5) is 22.6. The summed E-state index contributed by atoms with van der Waals surface area (Å²) < 4.78 is 5.18. The van der Waals surface area contributed by atoms with Crippen molar-refractivity contribution in [2.45, 2.75) is 31.8 Å². The number of nitrogens with one attached hydrogen (secondary N) is 2. The largest absolute Gasteiger partial charge is 0.378 e. The molecule has 1 aliphatic heterocycles. The van der Waals surface area contributed by atoms with Crippen LogP contribution in [0.15, 0.2) is 0 Å². The summed E-state index contributed by atoms with van der Waals surface area (Å²) in [5, 5.41) is 5.82. The summed E-state index contributed by atoms with van der Waals surface area (Å²) in [6, 6.07) is -0.346. The normalized spacial score (nSPS) is 21.5. The van der Waals surface area contributed by atoms with Gasteiger partial charge in [0.05, 0.1) is 13.2 Å². The number of carbonyl (C=O) groups excluding carboxylic acids is 2. The van der Waals surface area contributed by atoms with Gasteiger partial charge in [-0.05, 0) is 13.8 Å². The number of hydrogen-bond donors (Lipinski definition) is 3. The van der Waals surface area contributed by atoms with Crippen LogP contribution in [0.3, 0.4) is 0 Å². The summed E-state index contributed by atoms with van der Waals surface area (Å²) >= 11 is 0. The Labute approximate surface area is 94.9 Å². The van der Waals surface area contributed by atoms with Gasteiger partial charge in [0.1, 0.15) is 6.04 Å². The summed E-state index contributed by atoms with van der Waals surface area (Å²) in [5.41, 5.74) is 4.48. The predicted molar refractivity (Wildman–Crippen MR) is 58.6 cm³/mol. The summed E-state index contributed by atoms with van der Waals surface area (Å²) in [6.07, 6.45) is 0.117. The van der Waals surface area contributed by atoms with Crippen molar-refractivity contribution >= 4 is 11.8 Å². The van der Waals surface area contributed by atoms with E-state index in [0.717, 1.165) is 0 Å². The van der Waals surface area contributed by atoms with Gasteiger partial charge in [-0.2, -0.15) is 0 Å². The minimum Gasteiger partial charge on any atom is -0.378 e. The number of nitrogens with two attached hydrogens (primary N) is 1. The Morgan fingerprint density at radius 1 is 1.56 bits per heavy atom. The molecule has 0 aromatic rings. The zero-order chi connectivity index (χ0) is 12.2. The highest BCUT2D eigenvalue weighted by Gasteiger charge is 2.28. The van der Waals surface area contributed by atoms with Crippen molar-refractivity contribution in [3.63, 3.8) is 0 Å². The Morgan fingerprint density at radius 2 is 2.25 bits per heavy atom. The van der Waals surface area contributed by atoms with E-state index in [2.05, 4.69) is 10.6 Å². The Bertz CT molecular complexity index is 272. The molecule has 0 saturated carbocycles. The Balaban J connectivity index is 2.45. The van der Waals surface area contributed by atoms with E-state index in [0.29, 0.717) is 19.8 Å². The van der Waals surface area contributed by atoms with Crippen LogP contribution in [0.1, 0.15) is 20.3 Å². The maximum absolute atomic E-state index is 11.8. The first-order valence-corrected chi connectivity index (χ1v) is 5.32. The van der Waals surface area contributed by atoms with E-state index < -0.39 is 11.4 Å². The molecule has 0 radical (unpaired) electrons. The van der Waals surface area contributed by atoms with E-state index in [1.165, 1.54) is 0 Å². The lowest BCUT2D eigenvalue weighted by Crippen LogP contribution is -2.56. The predicted octanol–water partition coefficient (Wildman–Crippen LogP) is -1.25. The van der Waals surface area contributed by atoms with Crippen molar-refractivity contribution in [1.82, 2.24) is 10.6 Å². The molecular weight excluding hydrogens is 210 g/mol. The lowest BCUT2D eigenvalue weighted by Gasteiger charge is -2.29. The van der Waals surface area contributed by atoms with Crippen LogP contribution in [0.5, 0.6) is 0 Å². The third-order valence-electron chi connectivity index (χ3n) is 2.32. The van der Waals surface area contributed by atoms with Gasteiger partial charge in [-0.3, -0.25) is 9.59 Å². The fourth-order valence-electron chi connectivity index (χ4n) is 1.63. The van der Waals surface area contributed by atoms with Gasteiger partial charge in [-0.15, -0.1) is 0 Å². The molecule has 0 bridgehead atoms. The molecule has 16 heavy (non-hydrogen) atoms. The van der Waals surface area contributed by atoms with Gasteiger partial charge < -0.3 is 21.1 Å². The van der Waals surface area contributed by atoms with E-state index in [-0.39, 0.29) is 18.4 Å². The molecule has 1 atom stereocenters.